The van der Waals surface area contributed by atoms with E-state index in [1.807, 2.05) is 24.3 Å². The van der Waals surface area contributed by atoms with Crippen molar-refractivity contribution in [3.8, 4) is 0 Å². The highest BCUT2D eigenvalue weighted by Gasteiger charge is 2.36. The Morgan fingerprint density at radius 3 is 2.45 bits per heavy atom. The second-order valence-corrected chi connectivity index (χ2v) is 7.75. The summed E-state index contributed by atoms with van der Waals surface area (Å²) in [5, 5.41) is 1.64. The van der Waals surface area contributed by atoms with E-state index >= 15 is 0 Å². The number of halogens is 2. The smallest absolute Gasteiger partial charge is 0.294 e. The Morgan fingerprint density at radius 1 is 1.14 bits per heavy atom. The molecule has 1 aliphatic heterocycles. The monoisotopic (exact) mass is 416 g/mol. The molecule has 1 aliphatic rings. The number of hydrogen-bond acceptors (Lipinski definition) is 4. The molecule has 0 spiro atoms. The van der Waals surface area contributed by atoms with E-state index in [1.54, 1.807) is 6.08 Å². The van der Waals surface area contributed by atoms with Crippen LogP contribution in [-0.4, -0.2) is 28.5 Å². The Labute approximate surface area is 170 Å². The summed E-state index contributed by atoms with van der Waals surface area (Å²) in [6.07, 6.45) is 1.59. The SMILES string of the molecule is CC(C)c1ccc(/C=C2/SC(=O)N(CC(=O)Nc3ccc(F)cc3F)C2=O)cc1. The fourth-order valence-corrected chi connectivity index (χ4v) is 3.53. The van der Waals surface area contributed by atoms with Crippen LogP contribution < -0.4 is 5.32 Å². The lowest BCUT2D eigenvalue weighted by Gasteiger charge is -2.12. The molecule has 0 aliphatic carbocycles. The average Bonchev–Trinajstić information content (AvgIpc) is 2.92. The van der Waals surface area contributed by atoms with E-state index in [1.165, 1.54) is 0 Å². The standard InChI is InChI=1S/C21H18F2N2O3S/c1-12(2)14-5-3-13(4-6-14)9-18-20(27)25(21(28)29-18)11-19(26)24-17-8-7-15(22)10-16(17)23/h3-10,12H,11H2,1-2H3,(H,24,26)/b18-9+. The largest absolute Gasteiger partial charge is 0.322 e. The second kappa shape index (κ2) is 8.57. The molecule has 0 aromatic heterocycles. The summed E-state index contributed by atoms with van der Waals surface area (Å²) < 4.78 is 26.6. The fourth-order valence-electron chi connectivity index (χ4n) is 2.69. The number of imide groups is 1. The Hall–Kier alpha value is -3.00. The fraction of sp³-hybridized carbons (Fsp3) is 0.190. The molecule has 3 amide bonds. The molecule has 0 atom stereocenters. The summed E-state index contributed by atoms with van der Waals surface area (Å²) in [4.78, 5) is 37.8. The van der Waals surface area contributed by atoms with Gasteiger partial charge in [0.05, 0.1) is 10.6 Å². The number of carbonyl (C=O) groups is 3. The van der Waals surface area contributed by atoms with E-state index in [0.717, 1.165) is 39.9 Å². The van der Waals surface area contributed by atoms with Gasteiger partial charge in [0.1, 0.15) is 18.2 Å². The predicted octanol–water partition coefficient (Wildman–Crippen LogP) is 4.76. The summed E-state index contributed by atoms with van der Waals surface area (Å²) in [5.41, 5.74) is 1.68. The maximum absolute atomic E-state index is 13.6. The zero-order valence-corrected chi connectivity index (χ0v) is 16.6. The molecule has 2 aromatic carbocycles. The normalized spacial score (nSPS) is 15.5. The third-order valence-electron chi connectivity index (χ3n) is 4.28. The van der Waals surface area contributed by atoms with Crippen molar-refractivity contribution in [2.24, 2.45) is 0 Å². The van der Waals surface area contributed by atoms with Crippen LogP contribution in [0.2, 0.25) is 0 Å². The molecule has 0 radical (unpaired) electrons. The topological polar surface area (TPSA) is 66.5 Å². The molecule has 3 rings (SSSR count). The number of nitrogens with zero attached hydrogens (tertiary/aromatic N) is 1. The van der Waals surface area contributed by atoms with Gasteiger partial charge in [-0.05, 0) is 47.0 Å². The lowest BCUT2D eigenvalue weighted by Crippen LogP contribution is -2.36. The van der Waals surface area contributed by atoms with Crippen LogP contribution in [0.5, 0.6) is 0 Å². The molecule has 8 heteroatoms. The minimum absolute atomic E-state index is 0.202. The predicted molar refractivity (Wildman–Crippen MR) is 108 cm³/mol. The molecule has 0 saturated carbocycles. The van der Waals surface area contributed by atoms with Gasteiger partial charge in [0.25, 0.3) is 11.1 Å². The number of thioether (sulfide) groups is 1. The Balaban J connectivity index is 1.69. The Morgan fingerprint density at radius 2 is 1.83 bits per heavy atom. The number of hydrogen-bond donors (Lipinski definition) is 1. The molecule has 0 bridgehead atoms. The van der Waals surface area contributed by atoms with Gasteiger partial charge in [0.15, 0.2) is 0 Å². The van der Waals surface area contributed by atoms with Crippen molar-refractivity contribution in [3.05, 3.63) is 70.1 Å². The van der Waals surface area contributed by atoms with Crippen molar-refractivity contribution in [1.82, 2.24) is 4.90 Å². The molecule has 1 saturated heterocycles. The van der Waals surface area contributed by atoms with Gasteiger partial charge in [-0.3, -0.25) is 19.3 Å². The Bertz CT molecular complexity index is 1000. The van der Waals surface area contributed by atoms with Crippen molar-refractivity contribution < 1.29 is 23.2 Å². The summed E-state index contributed by atoms with van der Waals surface area (Å²) in [6, 6.07) is 10.3. The maximum Gasteiger partial charge on any atom is 0.294 e. The highest BCUT2D eigenvalue weighted by atomic mass is 32.2. The van der Waals surface area contributed by atoms with Crippen LogP contribution >= 0.6 is 11.8 Å². The molecule has 29 heavy (non-hydrogen) atoms. The first-order valence-corrected chi connectivity index (χ1v) is 9.66. The molecule has 0 unspecified atom stereocenters. The summed E-state index contributed by atoms with van der Waals surface area (Å²) >= 11 is 0.735. The number of carbonyl (C=O) groups excluding carboxylic acids is 3. The Kier molecular flexibility index (Phi) is 6.12. The van der Waals surface area contributed by atoms with Crippen LogP contribution in [0, 0.1) is 11.6 Å². The minimum Gasteiger partial charge on any atom is -0.322 e. The first-order chi connectivity index (χ1) is 13.7. The van der Waals surface area contributed by atoms with E-state index < -0.39 is 35.2 Å². The van der Waals surface area contributed by atoms with Crippen molar-refractivity contribution in [2.75, 3.05) is 11.9 Å². The average molecular weight is 416 g/mol. The molecule has 1 fully saturated rings. The van der Waals surface area contributed by atoms with Gasteiger partial charge in [-0.25, -0.2) is 8.78 Å². The molecule has 2 aromatic rings. The third kappa shape index (κ3) is 4.89. The third-order valence-corrected chi connectivity index (χ3v) is 5.19. The van der Waals surface area contributed by atoms with Crippen molar-refractivity contribution in [2.45, 2.75) is 19.8 Å². The number of rotatable bonds is 5. The van der Waals surface area contributed by atoms with Gasteiger partial charge in [-0.1, -0.05) is 38.1 Å². The van der Waals surface area contributed by atoms with Gasteiger partial charge in [0, 0.05) is 6.07 Å². The van der Waals surface area contributed by atoms with Crippen molar-refractivity contribution in [1.29, 1.82) is 0 Å². The van der Waals surface area contributed by atoms with Crippen molar-refractivity contribution in [3.63, 3.8) is 0 Å². The molecule has 150 valence electrons. The lowest BCUT2D eigenvalue weighted by atomic mass is 10.0. The summed E-state index contributed by atoms with van der Waals surface area (Å²) in [7, 11) is 0. The number of nitrogens with one attached hydrogen (secondary N) is 1. The number of benzene rings is 2. The van der Waals surface area contributed by atoms with Crippen LogP contribution in [0.3, 0.4) is 0 Å². The minimum atomic E-state index is -0.947. The van der Waals surface area contributed by atoms with Gasteiger partial charge >= 0.3 is 0 Å². The molecule has 5 nitrogen and oxygen atoms in total. The lowest BCUT2D eigenvalue weighted by molar-refractivity contribution is -0.127. The van der Waals surface area contributed by atoms with Gasteiger partial charge in [-0.15, -0.1) is 0 Å². The molecule has 1 heterocycles. The van der Waals surface area contributed by atoms with E-state index in [-0.39, 0.29) is 10.6 Å². The molecule has 1 N–H and O–H groups in total. The zero-order valence-electron chi connectivity index (χ0n) is 15.7. The summed E-state index contributed by atoms with van der Waals surface area (Å²) in [6.45, 7) is 3.58. The van der Waals surface area contributed by atoms with E-state index in [9.17, 15) is 23.2 Å². The van der Waals surface area contributed by atoms with E-state index in [4.69, 9.17) is 0 Å². The van der Waals surface area contributed by atoms with Crippen LogP contribution in [-0.2, 0) is 9.59 Å². The first-order valence-electron chi connectivity index (χ1n) is 8.85. The van der Waals surface area contributed by atoms with Crippen molar-refractivity contribution >= 4 is 40.6 Å². The van der Waals surface area contributed by atoms with E-state index in [2.05, 4.69) is 19.2 Å². The molecular formula is C21H18F2N2O3S. The quantitative estimate of drug-likeness (QED) is 0.714. The number of anilines is 1. The highest BCUT2D eigenvalue weighted by molar-refractivity contribution is 8.18. The van der Waals surface area contributed by atoms with Gasteiger partial charge in [0.2, 0.25) is 5.91 Å². The van der Waals surface area contributed by atoms with Gasteiger partial charge in [-0.2, -0.15) is 0 Å². The van der Waals surface area contributed by atoms with Crippen LogP contribution in [0.1, 0.15) is 30.9 Å². The highest BCUT2D eigenvalue weighted by Crippen LogP contribution is 2.32. The maximum atomic E-state index is 13.6. The second-order valence-electron chi connectivity index (χ2n) is 6.76. The zero-order chi connectivity index (χ0) is 21.1. The van der Waals surface area contributed by atoms with Crippen LogP contribution in [0.15, 0.2) is 47.4 Å². The van der Waals surface area contributed by atoms with Crippen LogP contribution in [0.4, 0.5) is 19.3 Å². The van der Waals surface area contributed by atoms with Gasteiger partial charge < -0.3 is 5.32 Å². The number of amides is 3. The van der Waals surface area contributed by atoms with E-state index in [0.29, 0.717) is 12.0 Å². The van der Waals surface area contributed by atoms with Crippen LogP contribution in [0.25, 0.3) is 6.08 Å². The summed E-state index contributed by atoms with van der Waals surface area (Å²) in [5.74, 6) is -2.71. The first kappa shape index (κ1) is 20.7. The molecular weight excluding hydrogens is 398 g/mol.